The molecule has 0 spiro atoms. The number of para-hydroxylation sites is 1. The Morgan fingerprint density at radius 1 is 1.22 bits per heavy atom. The number of amides is 1. The third-order valence-corrected chi connectivity index (χ3v) is 3.93. The molecule has 0 bridgehead atoms. The van der Waals surface area contributed by atoms with Gasteiger partial charge in [0.1, 0.15) is 11.5 Å². The van der Waals surface area contributed by atoms with Gasteiger partial charge in [-0.25, -0.2) is 5.43 Å². The number of rotatable bonds is 4. The van der Waals surface area contributed by atoms with Crippen LogP contribution in [0.4, 0.5) is 0 Å². The summed E-state index contributed by atoms with van der Waals surface area (Å²) in [5.41, 5.74) is 6.01. The number of nitrogens with zero attached hydrogens (tertiary/aromatic N) is 1. The first-order valence-corrected chi connectivity index (χ1v) is 7.47. The summed E-state index contributed by atoms with van der Waals surface area (Å²) in [6.07, 6.45) is 1.65. The SMILES string of the molecule is COc1ccccc1CC(=O)N/N=C1\CCc2c(O)cccc21. The average molecular weight is 310 g/mol. The van der Waals surface area contributed by atoms with Crippen LogP contribution in [0.2, 0.25) is 0 Å². The second-order valence-corrected chi connectivity index (χ2v) is 5.39. The molecule has 2 aromatic rings. The van der Waals surface area contributed by atoms with Crippen molar-refractivity contribution in [1.29, 1.82) is 0 Å². The van der Waals surface area contributed by atoms with E-state index < -0.39 is 0 Å². The summed E-state index contributed by atoms with van der Waals surface area (Å²) in [6, 6.07) is 12.8. The molecule has 2 aromatic carbocycles. The number of phenolic OH excluding ortho intramolecular Hbond substituents is 1. The second kappa shape index (κ2) is 6.52. The molecule has 0 fully saturated rings. The molecule has 5 heteroatoms. The van der Waals surface area contributed by atoms with E-state index in [-0.39, 0.29) is 18.1 Å². The number of phenols is 1. The van der Waals surface area contributed by atoms with Crippen LogP contribution in [0, 0.1) is 0 Å². The predicted octanol–water partition coefficient (Wildman–Crippen LogP) is 2.41. The van der Waals surface area contributed by atoms with Crippen LogP contribution < -0.4 is 10.2 Å². The topological polar surface area (TPSA) is 70.9 Å². The highest BCUT2D eigenvalue weighted by atomic mass is 16.5. The predicted molar refractivity (Wildman–Crippen MR) is 87.8 cm³/mol. The highest BCUT2D eigenvalue weighted by molar-refractivity contribution is 6.05. The molecule has 0 unspecified atom stereocenters. The van der Waals surface area contributed by atoms with Crippen LogP contribution >= 0.6 is 0 Å². The van der Waals surface area contributed by atoms with E-state index in [1.807, 2.05) is 30.3 Å². The summed E-state index contributed by atoms with van der Waals surface area (Å²) in [6.45, 7) is 0. The molecule has 0 aromatic heterocycles. The summed E-state index contributed by atoms with van der Waals surface area (Å²) >= 11 is 0. The van der Waals surface area contributed by atoms with Gasteiger partial charge in [-0.1, -0.05) is 30.3 Å². The minimum Gasteiger partial charge on any atom is -0.508 e. The van der Waals surface area contributed by atoms with E-state index in [1.54, 1.807) is 19.2 Å². The zero-order valence-electron chi connectivity index (χ0n) is 12.9. The van der Waals surface area contributed by atoms with Crippen LogP contribution in [0.5, 0.6) is 11.5 Å². The van der Waals surface area contributed by atoms with E-state index in [0.29, 0.717) is 12.2 Å². The van der Waals surface area contributed by atoms with Crippen molar-refractivity contribution in [3.63, 3.8) is 0 Å². The number of carbonyl (C=O) groups excluding carboxylic acids is 1. The standard InChI is InChI=1S/C18H18N2O3/c1-23-17-8-3-2-5-12(17)11-18(22)20-19-15-10-9-14-13(15)6-4-7-16(14)21/h2-8,21H,9-11H2,1H3,(H,20,22)/b19-15+. The maximum atomic E-state index is 12.1. The number of fused-ring (bicyclic) bond motifs is 1. The first kappa shape index (κ1) is 15.1. The second-order valence-electron chi connectivity index (χ2n) is 5.39. The maximum absolute atomic E-state index is 12.1. The summed E-state index contributed by atoms with van der Waals surface area (Å²) in [5.74, 6) is 0.773. The van der Waals surface area contributed by atoms with E-state index >= 15 is 0 Å². The normalized spacial score (nSPS) is 14.6. The minimum absolute atomic E-state index is 0.199. The van der Waals surface area contributed by atoms with Crippen LogP contribution in [-0.4, -0.2) is 23.8 Å². The van der Waals surface area contributed by atoms with Gasteiger partial charge < -0.3 is 9.84 Å². The number of hydrazone groups is 1. The van der Waals surface area contributed by atoms with Gasteiger partial charge in [0.05, 0.1) is 19.2 Å². The molecule has 23 heavy (non-hydrogen) atoms. The molecule has 0 radical (unpaired) electrons. The third kappa shape index (κ3) is 3.18. The van der Waals surface area contributed by atoms with Gasteiger partial charge in [-0.2, -0.15) is 5.10 Å². The van der Waals surface area contributed by atoms with Crippen LogP contribution in [0.25, 0.3) is 0 Å². The zero-order valence-corrected chi connectivity index (χ0v) is 12.9. The van der Waals surface area contributed by atoms with Crippen LogP contribution in [0.15, 0.2) is 47.6 Å². The Kier molecular flexibility index (Phi) is 4.28. The van der Waals surface area contributed by atoms with Gasteiger partial charge in [0.25, 0.3) is 0 Å². The van der Waals surface area contributed by atoms with Crippen molar-refractivity contribution in [2.24, 2.45) is 5.10 Å². The van der Waals surface area contributed by atoms with E-state index in [9.17, 15) is 9.90 Å². The molecule has 0 atom stereocenters. The van der Waals surface area contributed by atoms with Crippen molar-refractivity contribution in [1.82, 2.24) is 5.43 Å². The van der Waals surface area contributed by atoms with Gasteiger partial charge in [-0.15, -0.1) is 0 Å². The summed E-state index contributed by atoms with van der Waals surface area (Å²) in [5, 5.41) is 14.0. The lowest BCUT2D eigenvalue weighted by Crippen LogP contribution is -2.21. The Hall–Kier alpha value is -2.82. The first-order chi connectivity index (χ1) is 11.2. The quantitative estimate of drug-likeness (QED) is 0.852. The molecule has 1 amide bonds. The Labute approximate surface area is 134 Å². The molecular weight excluding hydrogens is 292 g/mol. The highest BCUT2D eigenvalue weighted by Gasteiger charge is 2.20. The Balaban J connectivity index is 1.70. The largest absolute Gasteiger partial charge is 0.508 e. The zero-order chi connectivity index (χ0) is 16.2. The van der Waals surface area contributed by atoms with Gasteiger partial charge in [-0.3, -0.25) is 4.79 Å². The molecule has 0 aliphatic heterocycles. The number of ether oxygens (including phenoxy) is 1. The number of hydrogen-bond donors (Lipinski definition) is 2. The first-order valence-electron chi connectivity index (χ1n) is 7.47. The van der Waals surface area contributed by atoms with E-state index in [1.165, 1.54) is 0 Å². The van der Waals surface area contributed by atoms with Crippen LogP contribution in [0.3, 0.4) is 0 Å². The molecular formula is C18H18N2O3. The number of carbonyl (C=O) groups is 1. The van der Waals surface area contributed by atoms with Gasteiger partial charge in [0.15, 0.2) is 0 Å². The fourth-order valence-corrected chi connectivity index (χ4v) is 2.79. The number of aromatic hydroxyl groups is 1. The maximum Gasteiger partial charge on any atom is 0.244 e. The van der Waals surface area contributed by atoms with E-state index in [4.69, 9.17) is 4.74 Å². The van der Waals surface area contributed by atoms with Gasteiger partial charge >= 0.3 is 0 Å². The van der Waals surface area contributed by atoms with Crippen molar-refractivity contribution >= 4 is 11.6 Å². The lowest BCUT2D eigenvalue weighted by atomic mass is 10.1. The molecule has 0 saturated carbocycles. The molecule has 3 rings (SSSR count). The van der Waals surface area contributed by atoms with Gasteiger partial charge in [0, 0.05) is 16.7 Å². The van der Waals surface area contributed by atoms with Gasteiger partial charge in [0.2, 0.25) is 5.91 Å². The Morgan fingerprint density at radius 3 is 2.87 bits per heavy atom. The molecule has 1 aliphatic carbocycles. The molecule has 1 aliphatic rings. The lowest BCUT2D eigenvalue weighted by molar-refractivity contribution is -0.120. The Morgan fingerprint density at radius 2 is 2.04 bits per heavy atom. The van der Waals surface area contributed by atoms with Crippen molar-refractivity contribution in [3.05, 3.63) is 59.2 Å². The van der Waals surface area contributed by atoms with Crippen molar-refractivity contribution in [2.75, 3.05) is 7.11 Å². The van der Waals surface area contributed by atoms with E-state index in [2.05, 4.69) is 10.5 Å². The lowest BCUT2D eigenvalue weighted by Gasteiger charge is -2.07. The smallest absolute Gasteiger partial charge is 0.244 e. The summed E-state index contributed by atoms with van der Waals surface area (Å²) < 4.78 is 5.24. The van der Waals surface area contributed by atoms with Crippen molar-refractivity contribution in [3.8, 4) is 11.5 Å². The number of benzene rings is 2. The number of nitrogens with one attached hydrogen (secondary N) is 1. The van der Waals surface area contributed by atoms with Crippen LogP contribution in [0.1, 0.15) is 23.1 Å². The molecule has 5 nitrogen and oxygen atoms in total. The molecule has 2 N–H and O–H groups in total. The Bertz CT molecular complexity index is 769. The highest BCUT2D eigenvalue weighted by Crippen LogP contribution is 2.29. The summed E-state index contributed by atoms with van der Waals surface area (Å²) in [7, 11) is 1.58. The molecule has 118 valence electrons. The number of methoxy groups -OCH3 is 1. The van der Waals surface area contributed by atoms with E-state index in [0.717, 1.165) is 28.8 Å². The molecule has 0 saturated heterocycles. The van der Waals surface area contributed by atoms with Crippen molar-refractivity contribution < 1.29 is 14.6 Å². The van der Waals surface area contributed by atoms with Gasteiger partial charge in [-0.05, 0) is 25.0 Å². The third-order valence-electron chi connectivity index (χ3n) is 3.93. The fourth-order valence-electron chi connectivity index (χ4n) is 2.79. The monoisotopic (exact) mass is 310 g/mol. The average Bonchev–Trinajstić information content (AvgIpc) is 2.98. The fraction of sp³-hybridized carbons (Fsp3) is 0.222. The number of hydrogen-bond acceptors (Lipinski definition) is 4. The molecule has 0 heterocycles. The minimum atomic E-state index is -0.199. The van der Waals surface area contributed by atoms with Crippen LogP contribution in [-0.2, 0) is 17.6 Å². The summed E-state index contributed by atoms with van der Waals surface area (Å²) in [4.78, 5) is 12.1. The van der Waals surface area contributed by atoms with Crippen molar-refractivity contribution in [2.45, 2.75) is 19.3 Å².